The molecule has 0 aromatic heterocycles. The number of rotatable bonds is 5. The lowest BCUT2D eigenvalue weighted by atomic mass is 10.1. The van der Waals surface area contributed by atoms with Crippen molar-refractivity contribution in [3.05, 3.63) is 29.6 Å². The first-order chi connectivity index (χ1) is 7.76. The van der Waals surface area contributed by atoms with Crippen LogP contribution < -0.4 is 10.2 Å². The van der Waals surface area contributed by atoms with E-state index in [4.69, 9.17) is 0 Å². The maximum Gasteiger partial charge on any atom is 0.123 e. The van der Waals surface area contributed by atoms with Gasteiger partial charge in [-0.2, -0.15) is 0 Å². The minimum absolute atomic E-state index is 0.152. The Morgan fingerprint density at radius 2 is 2.19 bits per heavy atom. The quantitative estimate of drug-likeness (QED) is 0.823. The number of nitrogens with one attached hydrogen (secondary N) is 1. The van der Waals surface area contributed by atoms with Crippen LogP contribution in [-0.4, -0.2) is 19.6 Å². The molecule has 0 aliphatic heterocycles. The second-order valence-electron chi connectivity index (χ2n) is 4.32. The predicted molar refractivity (Wildman–Crippen MR) is 65.2 cm³/mol. The molecule has 1 aliphatic rings. The van der Waals surface area contributed by atoms with Gasteiger partial charge in [0.1, 0.15) is 5.82 Å². The van der Waals surface area contributed by atoms with Gasteiger partial charge in [0.15, 0.2) is 0 Å². The molecule has 0 saturated heterocycles. The first kappa shape index (κ1) is 11.4. The van der Waals surface area contributed by atoms with E-state index in [0.717, 1.165) is 18.7 Å². The Morgan fingerprint density at radius 3 is 2.75 bits per heavy atom. The Balaban J connectivity index is 2.29. The van der Waals surface area contributed by atoms with Crippen LogP contribution in [-0.2, 0) is 6.54 Å². The third kappa shape index (κ3) is 2.35. The lowest BCUT2D eigenvalue weighted by Gasteiger charge is -2.25. The Labute approximate surface area is 96.5 Å². The maximum atomic E-state index is 13.2. The second kappa shape index (κ2) is 4.83. The van der Waals surface area contributed by atoms with Crippen LogP contribution in [0.5, 0.6) is 0 Å². The zero-order valence-electron chi connectivity index (χ0n) is 9.96. The van der Waals surface area contributed by atoms with Gasteiger partial charge >= 0.3 is 0 Å². The van der Waals surface area contributed by atoms with Gasteiger partial charge in [0.2, 0.25) is 0 Å². The van der Waals surface area contributed by atoms with Crippen molar-refractivity contribution in [2.75, 3.05) is 18.5 Å². The van der Waals surface area contributed by atoms with Gasteiger partial charge in [0, 0.05) is 24.8 Å². The van der Waals surface area contributed by atoms with E-state index in [2.05, 4.69) is 17.1 Å². The van der Waals surface area contributed by atoms with Crippen molar-refractivity contribution >= 4 is 5.69 Å². The fourth-order valence-corrected chi connectivity index (χ4v) is 2.18. The number of halogens is 1. The number of hydrogen-bond donors (Lipinski definition) is 1. The Hall–Kier alpha value is -1.09. The van der Waals surface area contributed by atoms with E-state index in [1.54, 1.807) is 12.1 Å². The van der Waals surface area contributed by atoms with Crippen molar-refractivity contribution < 1.29 is 4.39 Å². The molecular formula is C13H19FN2. The molecule has 0 radical (unpaired) electrons. The van der Waals surface area contributed by atoms with E-state index in [1.165, 1.54) is 18.5 Å². The van der Waals surface area contributed by atoms with Gasteiger partial charge in [-0.3, -0.25) is 0 Å². The molecule has 16 heavy (non-hydrogen) atoms. The van der Waals surface area contributed by atoms with Crippen LogP contribution in [0, 0.1) is 5.82 Å². The molecule has 0 spiro atoms. The molecule has 1 saturated carbocycles. The molecule has 0 unspecified atom stereocenters. The molecule has 0 amide bonds. The first-order valence-electron chi connectivity index (χ1n) is 5.96. The van der Waals surface area contributed by atoms with Crippen molar-refractivity contribution in [1.29, 1.82) is 0 Å². The Morgan fingerprint density at radius 1 is 1.44 bits per heavy atom. The van der Waals surface area contributed by atoms with Crippen molar-refractivity contribution in [3.63, 3.8) is 0 Å². The van der Waals surface area contributed by atoms with E-state index in [-0.39, 0.29) is 5.82 Å². The summed E-state index contributed by atoms with van der Waals surface area (Å²) in [7, 11) is 1.89. The van der Waals surface area contributed by atoms with Gasteiger partial charge in [-0.25, -0.2) is 4.39 Å². The van der Waals surface area contributed by atoms with Crippen LogP contribution in [0.3, 0.4) is 0 Å². The Bertz CT molecular complexity index is 361. The standard InChI is InChI=1S/C13H19FN2/c1-3-16(12-5-6-12)13-7-4-11(14)8-10(13)9-15-2/h4,7-8,12,15H,3,5-6,9H2,1-2H3. The number of benzene rings is 1. The highest BCUT2D eigenvalue weighted by molar-refractivity contribution is 5.55. The normalized spacial score (nSPS) is 15.2. The Kier molecular flexibility index (Phi) is 3.44. The zero-order valence-corrected chi connectivity index (χ0v) is 9.96. The predicted octanol–water partition coefficient (Wildman–Crippen LogP) is 2.53. The number of nitrogens with zero attached hydrogens (tertiary/aromatic N) is 1. The van der Waals surface area contributed by atoms with Crippen LogP contribution in [0.15, 0.2) is 18.2 Å². The average molecular weight is 222 g/mol. The summed E-state index contributed by atoms with van der Waals surface area (Å²) >= 11 is 0. The van der Waals surface area contributed by atoms with E-state index in [1.807, 2.05) is 13.1 Å². The largest absolute Gasteiger partial charge is 0.369 e. The lowest BCUT2D eigenvalue weighted by Crippen LogP contribution is -2.27. The second-order valence-corrected chi connectivity index (χ2v) is 4.32. The van der Waals surface area contributed by atoms with Gasteiger partial charge in [-0.05, 0) is 50.6 Å². The molecule has 1 aliphatic carbocycles. The maximum absolute atomic E-state index is 13.2. The third-order valence-corrected chi connectivity index (χ3v) is 3.05. The fraction of sp³-hybridized carbons (Fsp3) is 0.538. The van der Waals surface area contributed by atoms with Gasteiger partial charge < -0.3 is 10.2 Å². The highest BCUT2D eigenvalue weighted by Gasteiger charge is 2.29. The van der Waals surface area contributed by atoms with E-state index >= 15 is 0 Å². The summed E-state index contributed by atoms with van der Waals surface area (Å²) in [5, 5.41) is 3.10. The minimum atomic E-state index is -0.152. The van der Waals surface area contributed by atoms with E-state index in [0.29, 0.717) is 6.04 Å². The van der Waals surface area contributed by atoms with Gasteiger partial charge in [-0.15, -0.1) is 0 Å². The van der Waals surface area contributed by atoms with Crippen molar-refractivity contribution in [3.8, 4) is 0 Å². The van der Waals surface area contributed by atoms with Crippen LogP contribution in [0.25, 0.3) is 0 Å². The molecule has 1 aromatic rings. The summed E-state index contributed by atoms with van der Waals surface area (Å²) < 4.78 is 13.2. The molecule has 2 rings (SSSR count). The summed E-state index contributed by atoms with van der Waals surface area (Å²) in [4.78, 5) is 2.38. The van der Waals surface area contributed by atoms with Crippen molar-refractivity contribution in [2.45, 2.75) is 32.4 Å². The van der Waals surface area contributed by atoms with Gasteiger partial charge in [-0.1, -0.05) is 0 Å². The molecule has 1 aromatic carbocycles. The van der Waals surface area contributed by atoms with E-state index < -0.39 is 0 Å². The molecular weight excluding hydrogens is 203 g/mol. The molecule has 0 bridgehead atoms. The van der Waals surface area contributed by atoms with Crippen LogP contribution in [0.2, 0.25) is 0 Å². The summed E-state index contributed by atoms with van der Waals surface area (Å²) in [5.74, 6) is -0.152. The molecule has 0 heterocycles. The van der Waals surface area contributed by atoms with Crippen LogP contribution >= 0.6 is 0 Å². The smallest absolute Gasteiger partial charge is 0.123 e. The van der Waals surface area contributed by atoms with Crippen molar-refractivity contribution in [1.82, 2.24) is 5.32 Å². The summed E-state index contributed by atoms with van der Waals surface area (Å²) in [6, 6.07) is 5.77. The van der Waals surface area contributed by atoms with Crippen molar-refractivity contribution in [2.24, 2.45) is 0 Å². The van der Waals surface area contributed by atoms with Crippen LogP contribution in [0.1, 0.15) is 25.3 Å². The molecule has 1 N–H and O–H groups in total. The molecule has 3 heteroatoms. The zero-order chi connectivity index (χ0) is 11.5. The molecule has 88 valence electrons. The molecule has 1 fully saturated rings. The summed E-state index contributed by atoms with van der Waals surface area (Å²) in [5.41, 5.74) is 2.23. The first-order valence-corrected chi connectivity index (χ1v) is 5.96. The monoisotopic (exact) mass is 222 g/mol. The molecule has 2 nitrogen and oxygen atoms in total. The highest BCUT2D eigenvalue weighted by atomic mass is 19.1. The summed E-state index contributed by atoms with van der Waals surface area (Å²) in [6.45, 7) is 3.87. The third-order valence-electron chi connectivity index (χ3n) is 3.05. The lowest BCUT2D eigenvalue weighted by molar-refractivity contribution is 0.623. The van der Waals surface area contributed by atoms with Gasteiger partial charge in [0.05, 0.1) is 0 Å². The highest BCUT2D eigenvalue weighted by Crippen LogP contribution is 2.33. The fourth-order valence-electron chi connectivity index (χ4n) is 2.18. The SMILES string of the molecule is CCN(c1ccc(F)cc1CNC)C1CC1. The summed E-state index contributed by atoms with van der Waals surface area (Å²) in [6.07, 6.45) is 2.54. The minimum Gasteiger partial charge on any atom is -0.369 e. The van der Waals surface area contributed by atoms with Crippen LogP contribution in [0.4, 0.5) is 10.1 Å². The molecule has 0 atom stereocenters. The number of hydrogen-bond acceptors (Lipinski definition) is 2. The van der Waals surface area contributed by atoms with Gasteiger partial charge in [0.25, 0.3) is 0 Å². The number of anilines is 1. The van der Waals surface area contributed by atoms with E-state index in [9.17, 15) is 4.39 Å². The average Bonchev–Trinajstić information content (AvgIpc) is 3.07. The topological polar surface area (TPSA) is 15.3 Å².